The van der Waals surface area contributed by atoms with Crippen molar-refractivity contribution in [3.63, 3.8) is 0 Å². The van der Waals surface area contributed by atoms with E-state index in [-0.39, 0.29) is 11.5 Å². The number of ether oxygens (including phenoxy) is 3. The van der Waals surface area contributed by atoms with E-state index in [2.05, 4.69) is 15.3 Å². The minimum atomic E-state index is -1.08. The number of aliphatic imine (C=N–C) groups is 1. The van der Waals surface area contributed by atoms with E-state index in [1.165, 1.54) is 18.7 Å². The van der Waals surface area contributed by atoms with Crippen LogP contribution in [0.5, 0.6) is 5.75 Å². The van der Waals surface area contributed by atoms with Gasteiger partial charge in [0.15, 0.2) is 17.8 Å². The Morgan fingerprint density at radius 1 is 1.30 bits per heavy atom. The smallest absolute Gasteiger partial charge is 0.274 e. The van der Waals surface area contributed by atoms with Crippen molar-refractivity contribution in [3.8, 4) is 5.75 Å². The van der Waals surface area contributed by atoms with Crippen LogP contribution in [0.25, 0.3) is 0 Å². The van der Waals surface area contributed by atoms with Gasteiger partial charge in [0.05, 0.1) is 24.3 Å². The second kappa shape index (κ2) is 9.29. The van der Waals surface area contributed by atoms with Gasteiger partial charge in [-0.1, -0.05) is 17.7 Å². The van der Waals surface area contributed by atoms with E-state index in [0.29, 0.717) is 60.2 Å². The van der Waals surface area contributed by atoms with E-state index >= 15 is 4.39 Å². The zero-order valence-corrected chi connectivity index (χ0v) is 20.4. The van der Waals surface area contributed by atoms with E-state index in [0.717, 1.165) is 10.6 Å². The van der Waals surface area contributed by atoms with E-state index in [9.17, 15) is 4.79 Å². The van der Waals surface area contributed by atoms with Crippen LogP contribution in [-0.2, 0) is 15.1 Å². The Bertz CT molecular complexity index is 1390. The van der Waals surface area contributed by atoms with Crippen LogP contribution in [0, 0.1) is 0 Å². The first-order chi connectivity index (χ1) is 18.0. The van der Waals surface area contributed by atoms with Crippen LogP contribution in [0.3, 0.4) is 0 Å². The van der Waals surface area contributed by atoms with Gasteiger partial charge in [-0.15, -0.1) is 0 Å². The standard InChI is InChI=1S/C26H23ClFN5O4/c27-16-1-3-20(31-13-16)25(34)32-17-2-4-22-18(11-17)26(7-8-30-14-36-26)19-12-21(15-5-9-35-10-6-15)33(29)24(28)23(19)37-22/h1-5,11-14,21H,6-10,29H2,(H,32,34)/t21?,26-/m0/s1. The highest BCUT2D eigenvalue weighted by Gasteiger charge is 2.51. The van der Waals surface area contributed by atoms with E-state index < -0.39 is 23.5 Å². The number of nitrogens with two attached hydrogens (primary N) is 1. The first kappa shape index (κ1) is 23.7. The molecule has 9 nitrogen and oxygen atoms in total. The van der Waals surface area contributed by atoms with Crippen molar-refractivity contribution < 1.29 is 23.4 Å². The maximum absolute atomic E-state index is 15.7. The highest BCUT2D eigenvalue weighted by molar-refractivity contribution is 6.30. The van der Waals surface area contributed by atoms with Crippen LogP contribution in [0.1, 0.15) is 28.9 Å². The Balaban J connectivity index is 1.42. The summed E-state index contributed by atoms with van der Waals surface area (Å²) < 4.78 is 33.4. The van der Waals surface area contributed by atoms with Crippen molar-refractivity contribution in [1.82, 2.24) is 9.99 Å². The maximum Gasteiger partial charge on any atom is 0.274 e. The fraction of sp³-hybridized carbons (Fsp3) is 0.269. The number of carbonyl (C=O) groups is 1. The molecule has 0 fully saturated rings. The number of benzene rings is 1. The zero-order chi connectivity index (χ0) is 25.6. The quantitative estimate of drug-likeness (QED) is 0.355. The van der Waals surface area contributed by atoms with Gasteiger partial charge in [0.25, 0.3) is 5.91 Å². The number of pyridine rings is 1. The molecule has 0 aliphatic carbocycles. The lowest BCUT2D eigenvalue weighted by atomic mass is 9.76. The van der Waals surface area contributed by atoms with Gasteiger partial charge in [0.2, 0.25) is 5.95 Å². The Kier molecular flexibility index (Phi) is 5.94. The number of rotatable bonds is 3. The number of hydrazine groups is 1. The van der Waals surface area contributed by atoms with Gasteiger partial charge in [-0.3, -0.25) is 14.8 Å². The number of hydrogen-bond acceptors (Lipinski definition) is 8. The molecule has 11 heteroatoms. The molecule has 190 valence electrons. The molecule has 0 radical (unpaired) electrons. The highest BCUT2D eigenvalue weighted by Crippen LogP contribution is 2.53. The summed E-state index contributed by atoms with van der Waals surface area (Å²) in [7, 11) is 0. The minimum absolute atomic E-state index is 0.0105. The van der Waals surface area contributed by atoms with Crippen molar-refractivity contribution in [1.29, 1.82) is 0 Å². The number of anilines is 1. The number of nitrogens with one attached hydrogen (secondary N) is 1. The first-order valence-corrected chi connectivity index (χ1v) is 12.2. The normalized spacial score (nSPS) is 24.4. The number of halogens is 2. The Morgan fingerprint density at radius 3 is 2.92 bits per heavy atom. The molecule has 1 spiro atoms. The van der Waals surface area contributed by atoms with Gasteiger partial charge in [-0.05, 0) is 48.4 Å². The van der Waals surface area contributed by atoms with Gasteiger partial charge in [0.1, 0.15) is 11.4 Å². The molecule has 5 heterocycles. The lowest BCUT2D eigenvalue weighted by Crippen LogP contribution is -2.48. The lowest BCUT2D eigenvalue weighted by molar-refractivity contribution is 0.0585. The monoisotopic (exact) mass is 523 g/mol. The number of carbonyl (C=O) groups excluding carboxylic acids is 1. The van der Waals surface area contributed by atoms with Crippen molar-refractivity contribution in [2.45, 2.75) is 24.5 Å². The fourth-order valence-electron chi connectivity index (χ4n) is 5.00. The number of amides is 1. The molecule has 1 amide bonds. The van der Waals surface area contributed by atoms with E-state index in [4.69, 9.17) is 31.7 Å². The average molecular weight is 524 g/mol. The zero-order valence-electron chi connectivity index (χ0n) is 19.6. The number of fused-ring (bicyclic) bond motifs is 4. The van der Waals surface area contributed by atoms with Gasteiger partial charge >= 0.3 is 0 Å². The molecular weight excluding hydrogens is 501 g/mol. The van der Waals surface area contributed by atoms with Crippen LogP contribution in [0.2, 0.25) is 5.02 Å². The van der Waals surface area contributed by atoms with Gasteiger partial charge in [-0.25, -0.2) is 10.8 Å². The van der Waals surface area contributed by atoms with Crippen molar-refractivity contribution in [2.24, 2.45) is 10.8 Å². The third kappa shape index (κ3) is 4.07. The molecule has 1 aromatic carbocycles. The minimum Gasteiger partial charge on any atom is -0.467 e. The van der Waals surface area contributed by atoms with Crippen LogP contribution in [-0.4, -0.2) is 48.1 Å². The number of aromatic nitrogens is 1. The van der Waals surface area contributed by atoms with Gasteiger partial charge in [0, 0.05) is 36.0 Å². The maximum atomic E-state index is 15.7. The molecule has 37 heavy (non-hydrogen) atoms. The molecule has 1 unspecified atom stereocenters. The summed E-state index contributed by atoms with van der Waals surface area (Å²) in [5.74, 6) is 5.53. The Morgan fingerprint density at radius 2 is 2.19 bits per heavy atom. The molecule has 3 N–H and O–H groups in total. The molecule has 4 aliphatic rings. The van der Waals surface area contributed by atoms with Crippen LogP contribution in [0.15, 0.2) is 76.5 Å². The first-order valence-electron chi connectivity index (χ1n) is 11.8. The van der Waals surface area contributed by atoms with Crippen molar-refractivity contribution >= 4 is 29.6 Å². The Hall–Kier alpha value is -3.73. The van der Waals surface area contributed by atoms with Crippen molar-refractivity contribution in [3.05, 3.63) is 87.8 Å². The molecule has 0 saturated heterocycles. The van der Waals surface area contributed by atoms with Crippen LogP contribution < -0.4 is 15.9 Å². The van der Waals surface area contributed by atoms with E-state index in [1.54, 1.807) is 24.3 Å². The number of hydrogen-bond donors (Lipinski definition) is 2. The SMILES string of the molecule is NN1C(F)=C2Oc3ccc(NC(=O)c4ccc(Cl)cn4)cc3[C@@]3(CCN=CO3)C2=CC1C1=CCOCC1. The third-order valence-electron chi connectivity index (χ3n) is 6.86. The molecule has 2 aromatic rings. The summed E-state index contributed by atoms with van der Waals surface area (Å²) in [6.07, 6.45) is 7.68. The third-order valence-corrected chi connectivity index (χ3v) is 7.09. The summed E-state index contributed by atoms with van der Waals surface area (Å²) in [4.78, 5) is 21.1. The Labute approximate surface area is 217 Å². The van der Waals surface area contributed by atoms with E-state index in [1.807, 2.05) is 12.2 Å². The summed E-state index contributed by atoms with van der Waals surface area (Å²) in [6, 6.07) is 7.72. The predicted octanol–water partition coefficient (Wildman–Crippen LogP) is 3.99. The molecule has 2 atom stereocenters. The average Bonchev–Trinajstić information content (AvgIpc) is 2.93. The molecular formula is C26H23ClFN5O4. The molecule has 1 aromatic heterocycles. The lowest BCUT2D eigenvalue weighted by Gasteiger charge is -2.45. The topological polar surface area (TPSA) is 111 Å². The molecule has 0 bridgehead atoms. The summed E-state index contributed by atoms with van der Waals surface area (Å²) in [5, 5.41) is 4.37. The molecule has 4 aliphatic heterocycles. The summed E-state index contributed by atoms with van der Waals surface area (Å²) in [6.45, 7) is 1.45. The largest absolute Gasteiger partial charge is 0.467 e. The second-order valence-electron chi connectivity index (χ2n) is 8.99. The van der Waals surface area contributed by atoms with Crippen LogP contribution >= 0.6 is 11.6 Å². The molecule has 0 saturated carbocycles. The number of nitrogens with zero attached hydrogens (tertiary/aromatic N) is 3. The summed E-state index contributed by atoms with van der Waals surface area (Å²) in [5.41, 5.74) is 1.78. The van der Waals surface area contributed by atoms with Crippen LogP contribution in [0.4, 0.5) is 10.1 Å². The predicted molar refractivity (Wildman–Crippen MR) is 135 cm³/mol. The second-order valence-corrected chi connectivity index (χ2v) is 9.43. The van der Waals surface area contributed by atoms with Crippen molar-refractivity contribution in [2.75, 3.05) is 25.1 Å². The van der Waals surface area contributed by atoms with Gasteiger partial charge in [-0.2, -0.15) is 4.39 Å². The highest BCUT2D eigenvalue weighted by atomic mass is 35.5. The summed E-state index contributed by atoms with van der Waals surface area (Å²) >= 11 is 5.88. The fourth-order valence-corrected chi connectivity index (χ4v) is 5.12. The molecule has 6 rings (SSSR count). The van der Waals surface area contributed by atoms with Gasteiger partial charge < -0.3 is 19.5 Å².